The molecule has 23 heavy (non-hydrogen) atoms. The number of allylic oxidation sites excluding steroid dienone is 1. The number of alkyl halides is 3. The van der Waals surface area contributed by atoms with E-state index in [-0.39, 0.29) is 9.77 Å². The van der Waals surface area contributed by atoms with E-state index < -0.39 is 26.7 Å². The van der Waals surface area contributed by atoms with Crippen molar-refractivity contribution in [1.82, 2.24) is 0 Å². The fourth-order valence-corrected chi connectivity index (χ4v) is 4.10. The second kappa shape index (κ2) is 6.29. The zero-order valence-corrected chi connectivity index (χ0v) is 13.4. The highest BCUT2D eigenvalue weighted by Gasteiger charge is 2.45. The third kappa shape index (κ3) is 3.89. The largest absolute Gasteiger partial charge is 0.455 e. The molecule has 0 fully saturated rings. The summed E-state index contributed by atoms with van der Waals surface area (Å²) in [4.78, 5) is 11.0. The van der Waals surface area contributed by atoms with Crippen LogP contribution < -0.4 is 0 Å². The number of hydrogen-bond acceptors (Lipinski definition) is 4. The van der Waals surface area contributed by atoms with Crippen molar-refractivity contribution in [3.8, 4) is 0 Å². The van der Waals surface area contributed by atoms with Gasteiger partial charge in [0.25, 0.3) is 5.78 Å². The van der Waals surface area contributed by atoms with E-state index in [0.717, 1.165) is 34.4 Å². The van der Waals surface area contributed by atoms with Crippen molar-refractivity contribution in [2.45, 2.75) is 18.0 Å². The quantitative estimate of drug-likeness (QED) is 0.775. The predicted octanol–water partition coefficient (Wildman–Crippen LogP) is 4.00. The van der Waals surface area contributed by atoms with E-state index in [2.05, 4.69) is 0 Å². The Hall–Kier alpha value is -1.93. The second-order valence-corrected chi connectivity index (χ2v) is 7.84. The molecule has 0 N–H and O–H groups in total. The zero-order chi connectivity index (χ0) is 17.3. The monoisotopic (exact) mass is 360 g/mol. The number of carbonyl (C=O) groups excluding carboxylic acids is 1. The molecule has 0 aliphatic heterocycles. The van der Waals surface area contributed by atoms with Crippen LogP contribution in [0.3, 0.4) is 0 Å². The van der Waals surface area contributed by atoms with Gasteiger partial charge in [0.05, 0.1) is 4.90 Å². The Morgan fingerprint density at radius 3 is 2.17 bits per heavy atom. The summed E-state index contributed by atoms with van der Waals surface area (Å²) in [6.07, 6.45) is -4.50. The molecular formula is C15H11F3O3S2. The number of hydrogen-bond donors (Lipinski definition) is 0. The smallest absolute Gasteiger partial charge is 0.283 e. The predicted molar refractivity (Wildman–Crippen MR) is 81.7 cm³/mol. The first-order valence-corrected chi connectivity index (χ1v) is 8.62. The lowest BCUT2D eigenvalue weighted by Gasteiger charge is -2.10. The number of sulfone groups is 1. The van der Waals surface area contributed by atoms with Gasteiger partial charge in [-0.2, -0.15) is 13.2 Å². The van der Waals surface area contributed by atoms with Crippen LogP contribution in [0.5, 0.6) is 0 Å². The number of ketones is 1. The molecule has 3 nitrogen and oxygen atoms in total. The summed E-state index contributed by atoms with van der Waals surface area (Å²) in [5.74, 6) is -2.38. The van der Waals surface area contributed by atoms with Gasteiger partial charge in [0.15, 0.2) is 0 Å². The summed E-state index contributed by atoms with van der Waals surface area (Å²) in [5, 5.41) is 0. The summed E-state index contributed by atoms with van der Waals surface area (Å²) >= 11 is 1.10. The summed E-state index contributed by atoms with van der Waals surface area (Å²) in [5.41, 5.74) is 0. The van der Waals surface area contributed by atoms with E-state index in [4.69, 9.17) is 0 Å². The Morgan fingerprint density at radius 2 is 1.70 bits per heavy atom. The maximum absolute atomic E-state index is 12.8. The molecule has 0 aliphatic rings. The van der Waals surface area contributed by atoms with Crippen molar-refractivity contribution in [1.29, 1.82) is 0 Å². The maximum atomic E-state index is 12.8. The molecule has 1 aromatic carbocycles. The van der Waals surface area contributed by atoms with Gasteiger partial charge in [0, 0.05) is 9.75 Å². The topological polar surface area (TPSA) is 51.2 Å². The Kier molecular flexibility index (Phi) is 4.76. The summed E-state index contributed by atoms with van der Waals surface area (Å²) in [6.45, 7) is 1.72. The lowest BCUT2D eigenvalue weighted by molar-refractivity contribution is -0.165. The first-order chi connectivity index (χ1) is 10.6. The molecule has 0 radical (unpaired) electrons. The number of halogens is 3. The minimum absolute atomic E-state index is 0.259. The molecular weight excluding hydrogens is 349 g/mol. The van der Waals surface area contributed by atoms with E-state index in [0.29, 0.717) is 0 Å². The van der Waals surface area contributed by atoms with Gasteiger partial charge in [-0.3, -0.25) is 4.79 Å². The molecule has 122 valence electrons. The van der Waals surface area contributed by atoms with Gasteiger partial charge < -0.3 is 0 Å². The van der Waals surface area contributed by atoms with Crippen LogP contribution in [0, 0.1) is 6.92 Å². The Morgan fingerprint density at radius 1 is 1.09 bits per heavy atom. The molecule has 0 bridgehead atoms. The fraction of sp³-hybridized carbons (Fsp3) is 0.133. The molecule has 0 amide bonds. The molecule has 2 rings (SSSR count). The molecule has 8 heteroatoms. The zero-order valence-electron chi connectivity index (χ0n) is 11.8. The van der Waals surface area contributed by atoms with E-state index in [1.54, 1.807) is 13.0 Å². The summed E-state index contributed by atoms with van der Waals surface area (Å²) < 4.78 is 63.3. The van der Waals surface area contributed by atoms with Crippen molar-refractivity contribution in [2.75, 3.05) is 0 Å². The SMILES string of the molecule is Cc1ccc(/C=C(\C(=O)C(F)(F)F)S(=O)(=O)c2ccccc2)s1. The van der Waals surface area contributed by atoms with Crippen molar-refractivity contribution >= 4 is 33.0 Å². The molecule has 0 aliphatic carbocycles. The third-order valence-corrected chi connectivity index (χ3v) is 5.58. The highest BCUT2D eigenvalue weighted by Crippen LogP contribution is 2.30. The first-order valence-electron chi connectivity index (χ1n) is 6.32. The molecule has 2 aromatic rings. The van der Waals surface area contributed by atoms with E-state index in [1.165, 1.54) is 24.3 Å². The van der Waals surface area contributed by atoms with Gasteiger partial charge in [-0.15, -0.1) is 11.3 Å². The van der Waals surface area contributed by atoms with E-state index in [9.17, 15) is 26.4 Å². The number of carbonyl (C=O) groups is 1. The normalized spacial score (nSPS) is 13.1. The average Bonchev–Trinajstić information content (AvgIpc) is 2.89. The summed E-state index contributed by atoms with van der Waals surface area (Å²) in [7, 11) is -4.57. The van der Waals surface area contributed by atoms with Crippen LogP contribution in [0.15, 0.2) is 52.3 Å². The van der Waals surface area contributed by atoms with Crippen LogP contribution in [0.25, 0.3) is 6.08 Å². The lowest BCUT2D eigenvalue weighted by Crippen LogP contribution is -2.28. The van der Waals surface area contributed by atoms with Gasteiger partial charge in [-0.05, 0) is 37.3 Å². The van der Waals surface area contributed by atoms with Gasteiger partial charge in [0.2, 0.25) is 9.84 Å². The first kappa shape index (κ1) is 17.4. The molecule has 0 saturated carbocycles. The highest BCUT2D eigenvalue weighted by molar-refractivity contribution is 7.96. The number of rotatable bonds is 4. The van der Waals surface area contributed by atoms with Crippen LogP contribution in [-0.2, 0) is 14.6 Å². The molecule has 1 heterocycles. The second-order valence-electron chi connectivity index (χ2n) is 4.60. The number of benzene rings is 1. The fourth-order valence-electron chi connectivity index (χ4n) is 1.79. The maximum Gasteiger partial charge on any atom is 0.455 e. The lowest BCUT2D eigenvalue weighted by atomic mass is 10.3. The standard InChI is InChI=1S/C15H11F3O3S2/c1-10-7-8-11(22-10)9-13(14(19)15(16,17)18)23(20,21)12-5-3-2-4-6-12/h2-9H,1H3/b13-9+. The van der Waals surface area contributed by atoms with Gasteiger partial charge in [0.1, 0.15) is 4.91 Å². The molecule has 1 aromatic heterocycles. The van der Waals surface area contributed by atoms with E-state index in [1.807, 2.05) is 0 Å². The van der Waals surface area contributed by atoms with Gasteiger partial charge in [-0.1, -0.05) is 18.2 Å². The number of thiophene rings is 1. The number of aryl methyl sites for hydroxylation is 1. The van der Waals surface area contributed by atoms with Crippen LogP contribution >= 0.6 is 11.3 Å². The average molecular weight is 360 g/mol. The van der Waals surface area contributed by atoms with Crippen LogP contribution in [-0.4, -0.2) is 20.4 Å². The third-order valence-electron chi connectivity index (χ3n) is 2.86. The van der Waals surface area contributed by atoms with Crippen LogP contribution in [0.4, 0.5) is 13.2 Å². The van der Waals surface area contributed by atoms with Crippen molar-refractivity contribution in [3.63, 3.8) is 0 Å². The van der Waals surface area contributed by atoms with Crippen molar-refractivity contribution in [2.24, 2.45) is 0 Å². The van der Waals surface area contributed by atoms with Crippen LogP contribution in [0.2, 0.25) is 0 Å². The summed E-state index contributed by atoms with van der Waals surface area (Å²) in [6, 6.07) is 9.65. The number of Topliss-reactive ketones (excluding diaryl/α,β-unsaturated/α-hetero) is 1. The molecule has 0 unspecified atom stereocenters. The minimum atomic E-state index is -5.28. The highest BCUT2D eigenvalue weighted by atomic mass is 32.2. The molecule has 0 saturated heterocycles. The minimum Gasteiger partial charge on any atom is -0.283 e. The van der Waals surface area contributed by atoms with Gasteiger partial charge in [-0.25, -0.2) is 8.42 Å². The van der Waals surface area contributed by atoms with E-state index >= 15 is 0 Å². The van der Waals surface area contributed by atoms with Crippen molar-refractivity contribution < 1.29 is 26.4 Å². The molecule has 0 spiro atoms. The Labute approximate surface area is 135 Å². The Bertz CT molecular complexity index is 848. The molecule has 0 atom stereocenters. The van der Waals surface area contributed by atoms with Crippen molar-refractivity contribution in [3.05, 3.63) is 57.1 Å². The Balaban J connectivity index is 2.63. The van der Waals surface area contributed by atoms with Gasteiger partial charge >= 0.3 is 6.18 Å². The van der Waals surface area contributed by atoms with Crippen LogP contribution in [0.1, 0.15) is 9.75 Å².